The van der Waals surface area contributed by atoms with Gasteiger partial charge in [-0.1, -0.05) is 35.6 Å². The first-order chi connectivity index (χ1) is 10.6. The molecule has 2 heteroatoms. The lowest BCUT2D eigenvalue weighted by atomic mass is 9.96. The summed E-state index contributed by atoms with van der Waals surface area (Å²) in [5.41, 5.74) is 5.91. The van der Waals surface area contributed by atoms with E-state index < -0.39 is 0 Å². The van der Waals surface area contributed by atoms with Crippen molar-refractivity contribution in [2.24, 2.45) is 0 Å². The number of nitriles is 2. The van der Waals surface area contributed by atoms with Gasteiger partial charge in [0.2, 0.25) is 0 Å². The Labute approximate surface area is 131 Å². The largest absolute Gasteiger partial charge is 0.198 e. The molecule has 0 atom stereocenters. The van der Waals surface area contributed by atoms with Gasteiger partial charge < -0.3 is 0 Å². The summed E-state index contributed by atoms with van der Waals surface area (Å²) in [6, 6.07) is 16.3. The van der Waals surface area contributed by atoms with Crippen LogP contribution in [0.1, 0.15) is 33.4 Å². The molecule has 0 aliphatic carbocycles. The van der Waals surface area contributed by atoms with Crippen molar-refractivity contribution in [2.45, 2.75) is 26.7 Å². The molecule has 0 heterocycles. The van der Waals surface area contributed by atoms with Crippen LogP contribution in [-0.4, -0.2) is 0 Å². The Bertz CT molecular complexity index is 819. The molecule has 0 amide bonds. The third-order valence-corrected chi connectivity index (χ3v) is 3.49. The second-order valence-electron chi connectivity index (χ2n) is 5.22. The van der Waals surface area contributed by atoms with Crippen LogP contribution in [0.5, 0.6) is 0 Å². The Hall–Kier alpha value is -3.02. The first-order valence-electron chi connectivity index (χ1n) is 7.09. The van der Waals surface area contributed by atoms with Gasteiger partial charge in [-0.25, -0.2) is 0 Å². The predicted molar refractivity (Wildman–Crippen MR) is 87.0 cm³/mol. The Morgan fingerprint density at radius 2 is 1.45 bits per heavy atom. The van der Waals surface area contributed by atoms with Crippen molar-refractivity contribution < 1.29 is 0 Å². The minimum Gasteiger partial charge on any atom is -0.198 e. The van der Waals surface area contributed by atoms with Crippen molar-refractivity contribution in [3.8, 4) is 24.0 Å². The van der Waals surface area contributed by atoms with Gasteiger partial charge in [-0.3, -0.25) is 0 Å². The van der Waals surface area contributed by atoms with Crippen LogP contribution in [0.3, 0.4) is 0 Å². The molecule has 0 aliphatic rings. The fourth-order valence-electron chi connectivity index (χ4n) is 2.20. The van der Waals surface area contributed by atoms with E-state index in [0.29, 0.717) is 12.8 Å². The lowest BCUT2D eigenvalue weighted by Crippen LogP contribution is -1.96. The van der Waals surface area contributed by atoms with Crippen molar-refractivity contribution in [1.29, 1.82) is 10.5 Å². The van der Waals surface area contributed by atoms with Gasteiger partial charge in [0.1, 0.15) is 0 Å². The van der Waals surface area contributed by atoms with Gasteiger partial charge in [0.15, 0.2) is 0 Å². The summed E-state index contributed by atoms with van der Waals surface area (Å²) in [7, 11) is 0. The molecule has 0 spiro atoms. The fourth-order valence-corrected chi connectivity index (χ4v) is 2.20. The molecular formula is C20H16N2. The van der Waals surface area contributed by atoms with Crippen molar-refractivity contribution in [3.63, 3.8) is 0 Å². The van der Waals surface area contributed by atoms with Crippen LogP contribution in [0.25, 0.3) is 0 Å². The second-order valence-corrected chi connectivity index (χ2v) is 5.22. The zero-order chi connectivity index (χ0) is 15.9. The van der Waals surface area contributed by atoms with Crippen LogP contribution in [-0.2, 0) is 12.8 Å². The molecule has 22 heavy (non-hydrogen) atoms. The topological polar surface area (TPSA) is 47.6 Å². The van der Waals surface area contributed by atoms with Crippen molar-refractivity contribution in [3.05, 3.63) is 69.8 Å². The Balaban J connectivity index is 2.42. The van der Waals surface area contributed by atoms with Crippen LogP contribution in [0.15, 0.2) is 36.4 Å². The summed E-state index contributed by atoms with van der Waals surface area (Å²) in [6.07, 6.45) is 0.659. The minimum absolute atomic E-state index is 0.302. The Kier molecular flexibility index (Phi) is 4.98. The third kappa shape index (κ3) is 3.76. The standard InChI is InChI=1S/C20H16N2/c1-15-3-5-17(6-4-15)7-8-19-13-16(2)18(9-11-21)14-20(19)10-12-22/h3-6,13-14H,9-10H2,1-2H3. The zero-order valence-corrected chi connectivity index (χ0v) is 12.8. The molecule has 0 aliphatic heterocycles. The third-order valence-electron chi connectivity index (χ3n) is 3.49. The van der Waals surface area contributed by atoms with Crippen molar-refractivity contribution >= 4 is 0 Å². The van der Waals surface area contributed by atoms with E-state index in [-0.39, 0.29) is 0 Å². The van der Waals surface area contributed by atoms with Crippen LogP contribution in [0.4, 0.5) is 0 Å². The van der Waals surface area contributed by atoms with E-state index in [1.807, 2.05) is 50.2 Å². The van der Waals surface area contributed by atoms with E-state index in [1.54, 1.807) is 0 Å². The lowest BCUT2D eigenvalue weighted by molar-refractivity contribution is 1.16. The SMILES string of the molecule is Cc1ccc(C#Cc2cc(C)c(CC#N)cc2CC#N)cc1. The van der Waals surface area contributed by atoms with Crippen LogP contribution in [0, 0.1) is 48.4 Å². The molecule has 0 unspecified atom stereocenters. The Morgan fingerprint density at radius 3 is 2.09 bits per heavy atom. The maximum atomic E-state index is 8.99. The molecule has 106 valence electrons. The summed E-state index contributed by atoms with van der Waals surface area (Å²) in [6.45, 7) is 4.01. The molecule has 0 N–H and O–H groups in total. The summed E-state index contributed by atoms with van der Waals surface area (Å²) in [5.74, 6) is 6.30. The number of rotatable bonds is 2. The smallest absolute Gasteiger partial charge is 0.0670 e. The molecule has 0 radical (unpaired) electrons. The van der Waals surface area contributed by atoms with Gasteiger partial charge in [0.05, 0.1) is 25.0 Å². The normalized spacial score (nSPS) is 9.27. The average Bonchev–Trinajstić information content (AvgIpc) is 2.51. The van der Waals surface area contributed by atoms with Gasteiger partial charge in [-0.05, 0) is 48.7 Å². The fraction of sp³-hybridized carbons (Fsp3) is 0.200. The molecular weight excluding hydrogens is 268 g/mol. The maximum Gasteiger partial charge on any atom is 0.0670 e. The molecule has 0 fully saturated rings. The molecule has 0 bridgehead atoms. The highest BCUT2D eigenvalue weighted by Gasteiger charge is 2.06. The van der Waals surface area contributed by atoms with Crippen LogP contribution >= 0.6 is 0 Å². The van der Waals surface area contributed by atoms with Gasteiger partial charge in [0, 0.05) is 11.1 Å². The van der Waals surface area contributed by atoms with E-state index >= 15 is 0 Å². The number of hydrogen-bond acceptors (Lipinski definition) is 2. The molecule has 2 aromatic rings. The maximum absolute atomic E-state index is 8.99. The second kappa shape index (κ2) is 7.12. The van der Waals surface area contributed by atoms with Gasteiger partial charge in [-0.15, -0.1) is 0 Å². The molecule has 0 aromatic heterocycles. The number of nitrogens with zero attached hydrogens (tertiary/aromatic N) is 2. The average molecular weight is 284 g/mol. The van der Waals surface area contributed by atoms with Gasteiger partial charge in [-0.2, -0.15) is 10.5 Å². The van der Waals surface area contributed by atoms with Crippen LogP contribution < -0.4 is 0 Å². The van der Waals surface area contributed by atoms with E-state index in [9.17, 15) is 0 Å². The number of hydrogen-bond donors (Lipinski definition) is 0. The van der Waals surface area contributed by atoms with E-state index in [0.717, 1.165) is 27.8 Å². The van der Waals surface area contributed by atoms with Crippen molar-refractivity contribution in [1.82, 2.24) is 0 Å². The summed E-state index contributed by atoms with van der Waals surface area (Å²) >= 11 is 0. The van der Waals surface area contributed by atoms with E-state index in [2.05, 4.69) is 24.0 Å². The summed E-state index contributed by atoms with van der Waals surface area (Å²) < 4.78 is 0. The highest BCUT2D eigenvalue weighted by Crippen LogP contribution is 2.17. The zero-order valence-electron chi connectivity index (χ0n) is 12.8. The van der Waals surface area contributed by atoms with Crippen molar-refractivity contribution in [2.75, 3.05) is 0 Å². The minimum atomic E-state index is 0.302. The molecule has 2 nitrogen and oxygen atoms in total. The quantitative estimate of drug-likeness (QED) is 0.787. The van der Waals surface area contributed by atoms with E-state index in [1.165, 1.54) is 5.56 Å². The highest BCUT2D eigenvalue weighted by molar-refractivity contribution is 5.51. The predicted octanol–water partition coefficient (Wildman–Crippen LogP) is 3.84. The summed E-state index contributed by atoms with van der Waals surface area (Å²) in [4.78, 5) is 0. The number of aryl methyl sites for hydroxylation is 2. The molecule has 2 aromatic carbocycles. The van der Waals surface area contributed by atoms with E-state index in [4.69, 9.17) is 10.5 Å². The van der Waals surface area contributed by atoms with Gasteiger partial charge in [0.25, 0.3) is 0 Å². The monoisotopic (exact) mass is 284 g/mol. The lowest BCUT2D eigenvalue weighted by Gasteiger charge is -2.07. The Morgan fingerprint density at radius 1 is 0.818 bits per heavy atom. The summed E-state index contributed by atoms with van der Waals surface area (Å²) in [5, 5.41) is 17.9. The number of benzene rings is 2. The van der Waals surface area contributed by atoms with Crippen LogP contribution in [0.2, 0.25) is 0 Å². The highest BCUT2D eigenvalue weighted by atomic mass is 14.2. The first kappa shape index (κ1) is 15.4. The molecule has 2 rings (SSSR count). The molecule has 0 saturated carbocycles. The molecule has 0 saturated heterocycles. The first-order valence-corrected chi connectivity index (χ1v) is 7.09. The van der Waals surface area contributed by atoms with Gasteiger partial charge >= 0.3 is 0 Å².